The molecule has 3 rings (SSSR count). The summed E-state index contributed by atoms with van der Waals surface area (Å²) in [6.07, 6.45) is 25.2. The third-order valence-electron chi connectivity index (χ3n) is 13.5. The Kier molecular flexibility index (Phi) is 32.2. The van der Waals surface area contributed by atoms with Crippen LogP contribution in [-0.2, 0) is 52.4 Å². The van der Waals surface area contributed by atoms with Crippen molar-refractivity contribution in [1.29, 1.82) is 0 Å². The van der Waals surface area contributed by atoms with E-state index in [9.17, 15) is 28.8 Å². The van der Waals surface area contributed by atoms with E-state index in [1.807, 2.05) is 19.0 Å². The third kappa shape index (κ3) is 29.7. The molecule has 15 heteroatoms. The lowest BCUT2D eigenvalue weighted by Gasteiger charge is -2.23. The summed E-state index contributed by atoms with van der Waals surface area (Å²) in [4.78, 5) is 80.8. The van der Waals surface area contributed by atoms with Crippen LogP contribution in [0.15, 0.2) is 0 Å². The molecule has 0 saturated heterocycles. The number of ether oxygens (including phenoxy) is 6. The van der Waals surface area contributed by atoms with Crippen LogP contribution in [0.25, 0.3) is 0 Å². The van der Waals surface area contributed by atoms with Crippen molar-refractivity contribution in [3.63, 3.8) is 0 Å². The summed E-state index contributed by atoms with van der Waals surface area (Å²) in [7, 11) is 5.54. The molecule has 1 atom stereocenters. The maximum absolute atomic E-state index is 13.3. The van der Waals surface area contributed by atoms with Gasteiger partial charge in [0, 0.05) is 58.1 Å². The Morgan fingerprint density at radius 1 is 0.463 bits per heavy atom. The highest BCUT2D eigenvalue weighted by molar-refractivity contribution is 8.13. The topological polar surface area (TPSA) is 164 Å². The van der Waals surface area contributed by atoms with Crippen LogP contribution in [0.2, 0.25) is 0 Å². The van der Waals surface area contributed by atoms with Crippen molar-refractivity contribution in [1.82, 2.24) is 9.80 Å². The first-order chi connectivity index (χ1) is 32.5. The zero-order valence-electron chi connectivity index (χ0n) is 42.0. The molecule has 0 bridgehead atoms. The third-order valence-corrected chi connectivity index (χ3v) is 14.5. The van der Waals surface area contributed by atoms with Crippen LogP contribution < -0.4 is 0 Å². The Bertz CT molecular complexity index is 1340. The van der Waals surface area contributed by atoms with E-state index in [4.69, 9.17) is 28.4 Å². The Morgan fingerprint density at radius 2 is 0.851 bits per heavy atom. The summed E-state index contributed by atoms with van der Waals surface area (Å²) < 4.78 is 33.1. The summed E-state index contributed by atoms with van der Waals surface area (Å²) >= 11 is 1.32. The van der Waals surface area contributed by atoms with Crippen LogP contribution >= 0.6 is 11.8 Å². The first-order valence-corrected chi connectivity index (χ1v) is 27.4. The van der Waals surface area contributed by atoms with Crippen LogP contribution in [0.1, 0.15) is 193 Å². The zero-order chi connectivity index (χ0) is 48.3. The zero-order valence-corrected chi connectivity index (χ0v) is 42.8. The fourth-order valence-electron chi connectivity index (χ4n) is 9.50. The molecule has 3 aliphatic rings. The number of nitrogens with zero attached hydrogens (tertiary/aromatic N) is 2. The van der Waals surface area contributed by atoms with Gasteiger partial charge in [0.15, 0.2) is 12.2 Å². The summed E-state index contributed by atoms with van der Waals surface area (Å²) in [5, 5.41) is 0.0256. The van der Waals surface area contributed by atoms with Gasteiger partial charge in [-0.3, -0.25) is 28.8 Å². The van der Waals surface area contributed by atoms with Crippen molar-refractivity contribution in [2.24, 2.45) is 17.8 Å². The molecule has 1 amide bonds. The molecule has 67 heavy (non-hydrogen) atoms. The minimum atomic E-state index is -0.874. The van der Waals surface area contributed by atoms with Gasteiger partial charge in [0.05, 0.1) is 6.61 Å². The molecule has 0 heterocycles. The number of unbranched alkanes of at least 4 members (excludes halogenated alkanes) is 4. The van der Waals surface area contributed by atoms with E-state index in [2.05, 4.69) is 4.90 Å². The number of amides is 1. The second-order valence-corrected chi connectivity index (χ2v) is 20.8. The molecule has 14 nitrogen and oxygen atoms in total. The second kappa shape index (κ2) is 37.0. The van der Waals surface area contributed by atoms with Gasteiger partial charge < -0.3 is 38.2 Å². The SMILES string of the molecule is COCC(COC(=O)CCC1CCCCC1)OC(=O)CCCCCN(CCCCCC(=O)OC(COC(=O)CCC1CCCCC1)COC(=O)CCC1CCCCC1)C(=O)SCCCN(C)C. The highest BCUT2D eigenvalue weighted by Gasteiger charge is 2.23. The number of methoxy groups -OCH3 is 1. The first-order valence-electron chi connectivity index (χ1n) is 26.4. The first kappa shape index (κ1) is 58.4. The van der Waals surface area contributed by atoms with Crippen LogP contribution in [0.5, 0.6) is 0 Å². The summed E-state index contributed by atoms with van der Waals surface area (Å²) in [6.45, 7) is 1.81. The molecule has 3 saturated carbocycles. The van der Waals surface area contributed by atoms with Crippen molar-refractivity contribution < 1.29 is 57.2 Å². The van der Waals surface area contributed by atoms with Gasteiger partial charge in [0.1, 0.15) is 19.8 Å². The smallest absolute Gasteiger partial charge is 0.306 e. The molecular weight excluding hydrogens is 877 g/mol. The van der Waals surface area contributed by atoms with Crippen LogP contribution in [0.3, 0.4) is 0 Å². The quantitative estimate of drug-likeness (QED) is 0.0335. The van der Waals surface area contributed by atoms with Crippen molar-refractivity contribution in [2.75, 3.05) is 73.0 Å². The number of thioether (sulfide) groups is 1. The van der Waals surface area contributed by atoms with Gasteiger partial charge in [-0.15, -0.1) is 0 Å². The number of carbonyl (C=O) groups excluding carboxylic acids is 6. The van der Waals surface area contributed by atoms with E-state index < -0.39 is 18.2 Å². The normalized spacial score (nSPS) is 16.7. The molecule has 0 spiro atoms. The van der Waals surface area contributed by atoms with Gasteiger partial charge in [0.25, 0.3) is 5.24 Å². The van der Waals surface area contributed by atoms with E-state index in [1.54, 1.807) is 0 Å². The van der Waals surface area contributed by atoms with E-state index in [1.165, 1.54) is 89.5 Å². The molecule has 0 aliphatic heterocycles. The van der Waals surface area contributed by atoms with Crippen molar-refractivity contribution >= 4 is 46.8 Å². The summed E-state index contributed by atoms with van der Waals surface area (Å²) in [5.74, 6) is 0.677. The standard InChI is InChI=1S/C52H90N2O12S/c1-53(2)34-19-37-67-52(60)54(35-17-7-15-26-50(58)65-45(38-61-3)39-62-47(55)31-28-42-20-9-4-10-21-42)36-18-8-16-27-51(59)66-46(40-63-48(56)32-29-43-22-11-5-12-23-43)41-64-49(57)33-30-44-24-13-6-14-25-44/h42-46H,4-41H2,1-3H3. The maximum atomic E-state index is 13.3. The molecular formula is C52H90N2O12S. The number of hydrogen-bond acceptors (Lipinski definition) is 14. The number of rotatable bonds is 35. The van der Waals surface area contributed by atoms with Crippen molar-refractivity contribution in [2.45, 2.75) is 205 Å². The fourth-order valence-corrected chi connectivity index (χ4v) is 10.3. The van der Waals surface area contributed by atoms with Gasteiger partial charge in [-0.2, -0.15) is 0 Å². The highest BCUT2D eigenvalue weighted by atomic mass is 32.2. The lowest BCUT2D eigenvalue weighted by molar-refractivity contribution is -0.167. The summed E-state index contributed by atoms with van der Waals surface area (Å²) in [5.41, 5.74) is 0. The van der Waals surface area contributed by atoms with Crippen LogP contribution in [-0.4, -0.2) is 130 Å². The van der Waals surface area contributed by atoms with Crippen LogP contribution in [0.4, 0.5) is 4.79 Å². The fraction of sp³-hybridized carbons (Fsp3) is 0.885. The number of hydrogen-bond donors (Lipinski definition) is 0. The van der Waals surface area contributed by atoms with Crippen molar-refractivity contribution in [3.8, 4) is 0 Å². The largest absolute Gasteiger partial charge is 0.462 e. The Hall–Kier alpha value is -2.91. The maximum Gasteiger partial charge on any atom is 0.306 e. The lowest BCUT2D eigenvalue weighted by atomic mass is 9.86. The van der Waals surface area contributed by atoms with E-state index in [0.29, 0.717) is 75.8 Å². The minimum Gasteiger partial charge on any atom is -0.462 e. The Morgan fingerprint density at radius 3 is 1.22 bits per heavy atom. The van der Waals surface area contributed by atoms with E-state index >= 15 is 0 Å². The Balaban J connectivity index is 1.39. The van der Waals surface area contributed by atoms with Crippen LogP contribution in [0, 0.1) is 17.8 Å². The molecule has 0 aromatic rings. The monoisotopic (exact) mass is 967 g/mol. The summed E-state index contributed by atoms with van der Waals surface area (Å²) in [6, 6.07) is 0. The molecule has 0 N–H and O–H groups in total. The molecule has 3 aliphatic carbocycles. The second-order valence-electron chi connectivity index (χ2n) is 19.7. The predicted octanol–water partition coefficient (Wildman–Crippen LogP) is 10.4. The van der Waals surface area contributed by atoms with E-state index in [-0.39, 0.29) is 68.4 Å². The lowest BCUT2D eigenvalue weighted by Crippen LogP contribution is -2.31. The van der Waals surface area contributed by atoms with Crippen molar-refractivity contribution in [3.05, 3.63) is 0 Å². The van der Waals surface area contributed by atoms with E-state index in [0.717, 1.165) is 76.5 Å². The van der Waals surface area contributed by atoms with Gasteiger partial charge in [0.2, 0.25) is 0 Å². The van der Waals surface area contributed by atoms with Gasteiger partial charge >= 0.3 is 29.8 Å². The molecule has 3 fully saturated rings. The highest BCUT2D eigenvalue weighted by Crippen LogP contribution is 2.29. The predicted molar refractivity (Wildman–Crippen MR) is 261 cm³/mol. The van der Waals surface area contributed by atoms with Gasteiger partial charge in [-0.1, -0.05) is 121 Å². The minimum absolute atomic E-state index is 0.0249. The molecule has 0 aromatic heterocycles. The number of carbonyl (C=O) groups is 6. The molecule has 0 aromatic carbocycles. The average Bonchev–Trinajstić information content (AvgIpc) is 3.33. The molecule has 1 unspecified atom stereocenters. The van der Waals surface area contributed by atoms with Gasteiger partial charge in [-0.05, 0) is 89.8 Å². The average molecular weight is 967 g/mol. The number of esters is 5. The molecule has 386 valence electrons. The molecule has 0 radical (unpaired) electrons. The van der Waals surface area contributed by atoms with Gasteiger partial charge in [-0.25, -0.2) is 0 Å². The Labute approximate surface area is 408 Å².